The van der Waals surface area contributed by atoms with Gasteiger partial charge in [-0.3, -0.25) is 9.36 Å². The van der Waals surface area contributed by atoms with E-state index in [0.717, 1.165) is 22.6 Å². The SMILES string of the molecule is Cc1cccc(C)c1OCCC(=O)Nc1ccccc1-n1c(C)c[nH]c1=O. The van der Waals surface area contributed by atoms with Crippen molar-refractivity contribution in [3.63, 3.8) is 0 Å². The summed E-state index contributed by atoms with van der Waals surface area (Å²) in [4.78, 5) is 27.1. The van der Waals surface area contributed by atoms with Crippen LogP contribution < -0.4 is 15.7 Å². The number of nitrogens with one attached hydrogen (secondary N) is 2. The maximum absolute atomic E-state index is 12.4. The summed E-state index contributed by atoms with van der Waals surface area (Å²) in [5, 5.41) is 2.88. The third kappa shape index (κ3) is 4.11. The lowest BCUT2D eigenvalue weighted by Crippen LogP contribution is -2.20. The number of hydrogen-bond donors (Lipinski definition) is 2. The molecular weight excluding hydrogens is 342 g/mol. The number of nitrogens with zero attached hydrogens (tertiary/aromatic N) is 1. The average Bonchev–Trinajstić information content (AvgIpc) is 2.96. The molecule has 6 nitrogen and oxygen atoms in total. The summed E-state index contributed by atoms with van der Waals surface area (Å²) in [5.74, 6) is 0.648. The molecule has 140 valence electrons. The molecule has 0 unspecified atom stereocenters. The van der Waals surface area contributed by atoms with Crippen molar-refractivity contribution in [1.29, 1.82) is 0 Å². The summed E-state index contributed by atoms with van der Waals surface area (Å²) in [6.07, 6.45) is 1.85. The van der Waals surface area contributed by atoms with Gasteiger partial charge in [-0.2, -0.15) is 0 Å². The first-order valence-corrected chi connectivity index (χ1v) is 8.82. The lowest BCUT2D eigenvalue weighted by atomic mass is 10.1. The lowest BCUT2D eigenvalue weighted by Gasteiger charge is -2.14. The number of benzene rings is 2. The van der Waals surface area contributed by atoms with Crippen molar-refractivity contribution in [1.82, 2.24) is 9.55 Å². The summed E-state index contributed by atoms with van der Waals surface area (Å²) in [7, 11) is 0. The normalized spacial score (nSPS) is 10.6. The van der Waals surface area contributed by atoms with Gasteiger partial charge in [-0.25, -0.2) is 4.79 Å². The van der Waals surface area contributed by atoms with E-state index >= 15 is 0 Å². The van der Waals surface area contributed by atoms with Crippen molar-refractivity contribution >= 4 is 11.6 Å². The molecule has 0 aliphatic rings. The molecule has 0 saturated heterocycles. The van der Waals surface area contributed by atoms with E-state index in [9.17, 15) is 9.59 Å². The highest BCUT2D eigenvalue weighted by Gasteiger charge is 2.12. The van der Waals surface area contributed by atoms with Crippen LogP contribution in [0.15, 0.2) is 53.5 Å². The Morgan fingerprint density at radius 1 is 1.07 bits per heavy atom. The van der Waals surface area contributed by atoms with Gasteiger partial charge in [0.25, 0.3) is 0 Å². The van der Waals surface area contributed by atoms with Crippen LogP contribution in [-0.4, -0.2) is 22.1 Å². The Morgan fingerprint density at radius 3 is 2.44 bits per heavy atom. The highest BCUT2D eigenvalue weighted by molar-refractivity contribution is 5.92. The zero-order chi connectivity index (χ0) is 19.4. The number of amides is 1. The van der Waals surface area contributed by atoms with Crippen molar-refractivity contribution in [2.45, 2.75) is 27.2 Å². The number of anilines is 1. The molecule has 0 atom stereocenters. The Balaban J connectivity index is 1.68. The first-order chi connectivity index (χ1) is 13.0. The van der Waals surface area contributed by atoms with Crippen LogP contribution in [0.1, 0.15) is 23.2 Å². The fraction of sp³-hybridized carbons (Fsp3) is 0.238. The number of carbonyl (C=O) groups excluding carboxylic acids is 1. The third-order valence-electron chi connectivity index (χ3n) is 4.36. The van der Waals surface area contributed by atoms with E-state index in [1.165, 1.54) is 4.57 Å². The summed E-state index contributed by atoms with van der Waals surface area (Å²) in [5.41, 5.74) is 3.82. The fourth-order valence-corrected chi connectivity index (χ4v) is 3.01. The number of carbonyl (C=O) groups is 1. The van der Waals surface area contributed by atoms with Gasteiger partial charge in [0.2, 0.25) is 5.91 Å². The number of aromatic amines is 1. The van der Waals surface area contributed by atoms with Gasteiger partial charge in [0, 0.05) is 11.9 Å². The van der Waals surface area contributed by atoms with E-state index in [1.54, 1.807) is 18.3 Å². The fourth-order valence-electron chi connectivity index (χ4n) is 3.01. The summed E-state index contributed by atoms with van der Waals surface area (Å²) in [6.45, 7) is 6.07. The van der Waals surface area contributed by atoms with Crippen molar-refractivity contribution in [2.24, 2.45) is 0 Å². The lowest BCUT2D eigenvalue weighted by molar-refractivity contribution is -0.116. The molecule has 0 spiro atoms. The highest BCUT2D eigenvalue weighted by atomic mass is 16.5. The van der Waals surface area contributed by atoms with Gasteiger partial charge < -0.3 is 15.0 Å². The van der Waals surface area contributed by atoms with Crippen LogP contribution in [0.2, 0.25) is 0 Å². The second-order valence-electron chi connectivity index (χ2n) is 6.46. The molecule has 1 aromatic heterocycles. The van der Waals surface area contributed by atoms with E-state index in [-0.39, 0.29) is 24.6 Å². The smallest absolute Gasteiger partial charge is 0.330 e. The number of hydrogen-bond acceptors (Lipinski definition) is 3. The van der Waals surface area contributed by atoms with Crippen LogP contribution >= 0.6 is 0 Å². The molecule has 0 bridgehead atoms. The van der Waals surface area contributed by atoms with Gasteiger partial charge in [0.15, 0.2) is 0 Å². The minimum atomic E-state index is -0.243. The van der Waals surface area contributed by atoms with E-state index in [2.05, 4.69) is 10.3 Å². The van der Waals surface area contributed by atoms with Crippen LogP contribution in [0.5, 0.6) is 5.75 Å². The van der Waals surface area contributed by atoms with Crippen LogP contribution in [0, 0.1) is 20.8 Å². The minimum absolute atomic E-state index is 0.171. The Labute approximate surface area is 157 Å². The maximum Gasteiger partial charge on any atom is 0.330 e. The Bertz CT molecular complexity index is 997. The second kappa shape index (κ2) is 7.95. The number of aryl methyl sites for hydroxylation is 3. The number of aromatic nitrogens is 2. The van der Waals surface area contributed by atoms with Crippen molar-refractivity contribution in [2.75, 3.05) is 11.9 Å². The van der Waals surface area contributed by atoms with Gasteiger partial charge in [-0.1, -0.05) is 30.3 Å². The first kappa shape index (κ1) is 18.5. The number of ether oxygens (including phenoxy) is 1. The molecule has 0 aliphatic heterocycles. The van der Waals surface area contributed by atoms with E-state index in [0.29, 0.717) is 11.4 Å². The Hall–Kier alpha value is -3.28. The molecule has 1 amide bonds. The minimum Gasteiger partial charge on any atom is -0.493 e. The van der Waals surface area contributed by atoms with Crippen LogP contribution in [0.4, 0.5) is 5.69 Å². The van der Waals surface area contributed by atoms with E-state index < -0.39 is 0 Å². The average molecular weight is 365 g/mol. The van der Waals surface area contributed by atoms with Crippen LogP contribution in [0.25, 0.3) is 5.69 Å². The number of H-pyrrole nitrogens is 1. The highest BCUT2D eigenvalue weighted by Crippen LogP contribution is 2.23. The first-order valence-electron chi connectivity index (χ1n) is 8.82. The van der Waals surface area contributed by atoms with Gasteiger partial charge >= 0.3 is 5.69 Å². The summed E-state index contributed by atoms with van der Waals surface area (Å²) < 4.78 is 7.33. The second-order valence-corrected chi connectivity index (χ2v) is 6.46. The van der Waals surface area contributed by atoms with E-state index in [4.69, 9.17) is 4.74 Å². The van der Waals surface area contributed by atoms with Crippen molar-refractivity contribution < 1.29 is 9.53 Å². The van der Waals surface area contributed by atoms with Gasteiger partial charge in [-0.05, 0) is 44.0 Å². The maximum atomic E-state index is 12.4. The van der Waals surface area contributed by atoms with Crippen LogP contribution in [-0.2, 0) is 4.79 Å². The standard InChI is InChI=1S/C21H23N3O3/c1-14-7-6-8-15(2)20(14)27-12-11-19(25)23-17-9-4-5-10-18(17)24-16(3)13-22-21(24)26/h4-10,13H,11-12H2,1-3H3,(H,22,26)(H,23,25). The Morgan fingerprint density at radius 2 is 1.78 bits per heavy atom. The summed E-state index contributed by atoms with van der Waals surface area (Å²) >= 11 is 0. The molecule has 1 heterocycles. The number of imidazole rings is 1. The van der Waals surface area contributed by atoms with Crippen molar-refractivity contribution in [3.8, 4) is 11.4 Å². The van der Waals surface area contributed by atoms with Gasteiger partial charge in [-0.15, -0.1) is 0 Å². The molecule has 27 heavy (non-hydrogen) atoms. The molecule has 0 radical (unpaired) electrons. The largest absolute Gasteiger partial charge is 0.493 e. The Kier molecular flexibility index (Phi) is 5.45. The molecule has 3 rings (SSSR count). The van der Waals surface area contributed by atoms with Crippen molar-refractivity contribution in [3.05, 3.63) is 76.0 Å². The molecular formula is C21H23N3O3. The topological polar surface area (TPSA) is 76.1 Å². The zero-order valence-electron chi connectivity index (χ0n) is 15.7. The molecule has 2 N–H and O–H groups in total. The molecule has 0 saturated carbocycles. The number of rotatable bonds is 6. The molecule has 0 aliphatic carbocycles. The van der Waals surface area contributed by atoms with Gasteiger partial charge in [0.05, 0.1) is 24.4 Å². The number of para-hydroxylation sites is 3. The third-order valence-corrected chi connectivity index (χ3v) is 4.36. The predicted molar refractivity (Wildman–Crippen MR) is 106 cm³/mol. The van der Waals surface area contributed by atoms with E-state index in [1.807, 2.05) is 51.1 Å². The molecule has 2 aromatic carbocycles. The predicted octanol–water partition coefficient (Wildman–Crippen LogP) is 3.50. The zero-order valence-corrected chi connectivity index (χ0v) is 15.7. The summed E-state index contributed by atoms with van der Waals surface area (Å²) in [6, 6.07) is 13.2. The molecule has 0 fully saturated rings. The molecule has 6 heteroatoms. The van der Waals surface area contributed by atoms with Gasteiger partial charge in [0.1, 0.15) is 5.75 Å². The van der Waals surface area contributed by atoms with Crippen LogP contribution in [0.3, 0.4) is 0 Å². The quantitative estimate of drug-likeness (QED) is 0.702. The molecule has 3 aromatic rings. The monoisotopic (exact) mass is 365 g/mol.